The average molecular weight is 278 g/mol. The van der Waals surface area contributed by atoms with Gasteiger partial charge in [-0.25, -0.2) is 9.78 Å². The van der Waals surface area contributed by atoms with Crippen molar-refractivity contribution in [3.8, 4) is 0 Å². The molecule has 1 aromatic heterocycles. The highest BCUT2D eigenvalue weighted by Gasteiger charge is 2.51. The first-order valence-corrected chi connectivity index (χ1v) is 6.42. The molecule has 1 saturated heterocycles. The number of nitrogens with one attached hydrogen (secondary N) is 1. The fourth-order valence-corrected chi connectivity index (χ4v) is 1.75. The van der Waals surface area contributed by atoms with Crippen LogP contribution in [-0.4, -0.2) is 36.5 Å². The van der Waals surface area contributed by atoms with Gasteiger partial charge < -0.3 is 14.0 Å². The van der Waals surface area contributed by atoms with Crippen LogP contribution in [0.15, 0.2) is 18.3 Å². The van der Waals surface area contributed by atoms with Gasteiger partial charge in [0.05, 0.1) is 18.3 Å². The monoisotopic (exact) mass is 278 g/mol. The number of methoxy groups -OCH3 is 1. The molecule has 1 N–H and O–H groups in total. The van der Waals surface area contributed by atoms with Crippen molar-refractivity contribution >= 4 is 24.5 Å². The Labute approximate surface area is 119 Å². The van der Waals surface area contributed by atoms with Crippen LogP contribution < -0.4 is 10.8 Å². The predicted molar refractivity (Wildman–Crippen MR) is 76.0 cm³/mol. The predicted octanol–water partition coefficient (Wildman–Crippen LogP) is 1.56. The van der Waals surface area contributed by atoms with Crippen molar-refractivity contribution in [3.63, 3.8) is 0 Å². The molecule has 0 radical (unpaired) electrons. The van der Waals surface area contributed by atoms with Crippen LogP contribution in [0, 0.1) is 0 Å². The normalized spacial score (nSPS) is 19.8. The van der Waals surface area contributed by atoms with E-state index in [9.17, 15) is 4.79 Å². The van der Waals surface area contributed by atoms with Crippen molar-refractivity contribution in [2.45, 2.75) is 38.9 Å². The number of anilines is 1. The fourth-order valence-electron chi connectivity index (χ4n) is 1.75. The van der Waals surface area contributed by atoms with Crippen LogP contribution in [0.5, 0.6) is 0 Å². The molecule has 0 bridgehead atoms. The van der Waals surface area contributed by atoms with Crippen LogP contribution in [-0.2, 0) is 14.0 Å². The summed E-state index contributed by atoms with van der Waals surface area (Å²) >= 11 is 0. The Hall–Kier alpha value is -1.60. The Morgan fingerprint density at radius 3 is 2.30 bits per heavy atom. The molecule has 20 heavy (non-hydrogen) atoms. The molecule has 1 amide bonds. The number of pyridine rings is 1. The highest BCUT2D eigenvalue weighted by atomic mass is 16.7. The molecule has 2 rings (SSSR count). The van der Waals surface area contributed by atoms with Crippen LogP contribution in [0.2, 0.25) is 0 Å². The molecule has 1 aliphatic heterocycles. The number of carbonyl (C=O) groups excluding carboxylic acids is 1. The second kappa shape index (κ2) is 5.07. The Kier molecular flexibility index (Phi) is 3.75. The summed E-state index contributed by atoms with van der Waals surface area (Å²) in [6.45, 7) is 7.97. The number of nitrogens with zero attached hydrogens (tertiary/aromatic N) is 1. The van der Waals surface area contributed by atoms with Gasteiger partial charge in [0.25, 0.3) is 0 Å². The van der Waals surface area contributed by atoms with Gasteiger partial charge >= 0.3 is 13.2 Å². The highest BCUT2D eigenvalue weighted by molar-refractivity contribution is 6.62. The maximum absolute atomic E-state index is 11.1. The molecule has 0 aliphatic carbocycles. The SMILES string of the molecule is COC(=O)Nc1ccc(B2OC(C)(C)C(C)(C)O2)cn1. The topological polar surface area (TPSA) is 69.7 Å². The summed E-state index contributed by atoms with van der Waals surface area (Å²) in [6.07, 6.45) is 1.06. The molecule has 0 atom stereocenters. The zero-order chi connectivity index (χ0) is 15.0. The summed E-state index contributed by atoms with van der Waals surface area (Å²) in [5.74, 6) is 0.414. The smallest absolute Gasteiger partial charge is 0.453 e. The van der Waals surface area contributed by atoms with E-state index in [-0.39, 0.29) is 11.2 Å². The lowest BCUT2D eigenvalue weighted by molar-refractivity contribution is 0.00578. The largest absolute Gasteiger partial charge is 0.496 e. The lowest BCUT2D eigenvalue weighted by Crippen LogP contribution is -2.41. The standard InChI is InChI=1S/C13H19BN2O4/c1-12(2)13(3,4)20-14(19-12)9-6-7-10(15-8-9)16-11(17)18-5/h6-8H,1-5H3,(H,15,16,17). The minimum atomic E-state index is -0.555. The molecule has 6 nitrogen and oxygen atoms in total. The number of carbonyl (C=O) groups is 1. The van der Waals surface area contributed by atoms with Gasteiger partial charge in [-0.15, -0.1) is 0 Å². The summed E-state index contributed by atoms with van der Waals surface area (Å²) in [7, 11) is 0.841. The average Bonchev–Trinajstić information content (AvgIpc) is 2.59. The minimum absolute atomic E-state index is 0.388. The third-order valence-corrected chi connectivity index (χ3v) is 3.73. The Morgan fingerprint density at radius 1 is 1.25 bits per heavy atom. The molecule has 0 unspecified atom stereocenters. The maximum atomic E-state index is 11.1. The molecule has 0 spiro atoms. The molecular formula is C13H19BN2O4. The van der Waals surface area contributed by atoms with Crippen LogP contribution >= 0.6 is 0 Å². The molecular weight excluding hydrogens is 259 g/mol. The minimum Gasteiger partial charge on any atom is -0.453 e. The van der Waals surface area contributed by atoms with Crippen molar-refractivity contribution in [1.29, 1.82) is 0 Å². The number of hydrogen-bond donors (Lipinski definition) is 1. The molecule has 108 valence electrons. The van der Waals surface area contributed by atoms with E-state index in [1.54, 1.807) is 18.3 Å². The van der Waals surface area contributed by atoms with Crippen LogP contribution in [0.25, 0.3) is 0 Å². The molecule has 0 saturated carbocycles. The molecule has 0 aromatic carbocycles. The van der Waals surface area contributed by atoms with Crippen LogP contribution in [0.3, 0.4) is 0 Å². The summed E-state index contributed by atoms with van der Waals surface area (Å²) in [5, 5.41) is 2.49. The quantitative estimate of drug-likeness (QED) is 0.831. The van der Waals surface area contributed by atoms with Crippen molar-refractivity contribution in [1.82, 2.24) is 4.98 Å². The Morgan fingerprint density at radius 2 is 1.85 bits per heavy atom. The van der Waals surface area contributed by atoms with Crippen molar-refractivity contribution in [2.75, 3.05) is 12.4 Å². The first kappa shape index (κ1) is 14.8. The lowest BCUT2D eigenvalue weighted by Gasteiger charge is -2.32. The van der Waals surface area contributed by atoms with E-state index in [0.717, 1.165) is 5.46 Å². The van der Waals surface area contributed by atoms with E-state index in [1.165, 1.54) is 7.11 Å². The van der Waals surface area contributed by atoms with Gasteiger partial charge in [-0.1, -0.05) is 6.07 Å². The van der Waals surface area contributed by atoms with Gasteiger partial charge in [0.2, 0.25) is 0 Å². The molecule has 7 heteroatoms. The second-order valence-corrected chi connectivity index (χ2v) is 5.68. The zero-order valence-corrected chi connectivity index (χ0v) is 12.4. The number of amides is 1. The number of rotatable bonds is 2. The van der Waals surface area contributed by atoms with Gasteiger partial charge in [0.15, 0.2) is 0 Å². The summed E-state index contributed by atoms with van der Waals surface area (Å²) in [6, 6.07) is 3.48. The lowest BCUT2D eigenvalue weighted by atomic mass is 9.80. The van der Waals surface area contributed by atoms with Gasteiger partial charge in [-0.3, -0.25) is 5.32 Å². The van der Waals surface area contributed by atoms with Crippen LogP contribution in [0.4, 0.5) is 10.6 Å². The molecule has 1 aromatic rings. The van der Waals surface area contributed by atoms with E-state index in [0.29, 0.717) is 5.82 Å². The number of hydrogen-bond acceptors (Lipinski definition) is 5. The second-order valence-electron chi connectivity index (χ2n) is 5.68. The third-order valence-electron chi connectivity index (χ3n) is 3.73. The Balaban J connectivity index is 2.10. The molecule has 2 heterocycles. The van der Waals surface area contributed by atoms with Gasteiger partial charge in [0.1, 0.15) is 5.82 Å². The van der Waals surface area contributed by atoms with Crippen molar-refractivity contribution < 1.29 is 18.8 Å². The number of ether oxygens (including phenoxy) is 1. The van der Waals surface area contributed by atoms with Crippen molar-refractivity contribution in [2.24, 2.45) is 0 Å². The van der Waals surface area contributed by atoms with E-state index >= 15 is 0 Å². The van der Waals surface area contributed by atoms with E-state index in [1.807, 2.05) is 27.7 Å². The third kappa shape index (κ3) is 2.78. The summed E-state index contributed by atoms with van der Waals surface area (Å²) in [5.41, 5.74) is 0.0281. The summed E-state index contributed by atoms with van der Waals surface area (Å²) < 4.78 is 16.3. The van der Waals surface area contributed by atoms with Crippen LogP contribution in [0.1, 0.15) is 27.7 Å². The van der Waals surface area contributed by atoms with Crippen molar-refractivity contribution in [3.05, 3.63) is 18.3 Å². The first-order valence-electron chi connectivity index (χ1n) is 6.42. The zero-order valence-electron chi connectivity index (χ0n) is 12.4. The van der Waals surface area contributed by atoms with Gasteiger partial charge in [-0.2, -0.15) is 0 Å². The fraction of sp³-hybridized carbons (Fsp3) is 0.538. The van der Waals surface area contributed by atoms with E-state index < -0.39 is 13.2 Å². The van der Waals surface area contributed by atoms with Gasteiger partial charge in [0, 0.05) is 11.7 Å². The Bertz CT molecular complexity index is 486. The first-order chi connectivity index (χ1) is 9.25. The van der Waals surface area contributed by atoms with E-state index in [2.05, 4.69) is 15.0 Å². The van der Waals surface area contributed by atoms with Gasteiger partial charge in [-0.05, 0) is 33.8 Å². The van der Waals surface area contributed by atoms with E-state index in [4.69, 9.17) is 9.31 Å². The maximum Gasteiger partial charge on any atom is 0.496 e. The highest BCUT2D eigenvalue weighted by Crippen LogP contribution is 2.36. The molecule has 1 fully saturated rings. The summed E-state index contributed by atoms with van der Waals surface area (Å²) in [4.78, 5) is 15.2. The molecule has 1 aliphatic rings. The number of aromatic nitrogens is 1.